The van der Waals surface area contributed by atoms with Crippen LogP contribution in [0, 0.1) is 0 Å². The molecule has 0 spiro atoms. The molecule has 0 aliphatic heterocycles. The highest BCUT2D eigenvalue weighted by Crippen LogP contribution is 2.22. The average Bonchev–Trinajstić information content (AvgIpc) is 2.49. The van der Waals surface area contributed by atoms with Crippen LogP contribution in [0.5, 0.6) is 5.75 Å². The van der Waals surface area contributed by atoms with E-state index in [9.17, 15) is 4.79 Å². The second-order valence-electron chi connectivity index (χ2n) is 4.41. The van der Waals surface area contributed by atoms with Crippen LogP contribution in [0.1, 0.15) is 5.56 Å². The Hall–Kier alpha value is -1.86. The predicted molar refractivity (Wildman–Crippen MR) is 85.8 cm³/mol. The minimum absolute atomic E-state index is 0.174. The molecule has 0 atom stereocenters. The van der Waals surface area contributed by atoms with Crippen LogP contribution in [-0.4, -0.2) is 30.0 Å². The van der Waals surface area contributed by atoms with Gasteiger partial charge in [-0.2, -0.15) is 5.10 Å². The van der Waals surface area contributed by atoms with Gasteiger partial charge in [0.25, 0.3) is 5.56 Å². The molecule has 0 bridgehead atoms. The van der Waals surface area contributed by atoms with Gasteiger partial charge >= 0.3 is 0 Å². The number of methoxy groups -OCH3 is 1. The van der Waals surface area contributed by atoms with E-state index in [4.69, 9.17) is 10.5 Å². The van der Waals surface area contributed by atoms with Crippen molar-refractivity contribution < 1.29 is 4.74 Å². The highest BCUT2D eigenvalue weighted by atomic mass is 79.9. The summed E-state index contributed by atoms with van der Waals surface area (Å²) in [4.78, 5) is 12.1. The molecule has 1 heterocycles. The summed E-state index contributed by atoms with van der Waals surface area (Å²) in [5.74, 6) is 0.738. The van der Waals surface area contributed by atoms with E-state index in [1.165, 1.54) is 10.7 Å². The van der Waals surface area contributed by atoms with Crippen molar-refractivity contribution >= 4 is 21.6 Å². The van der Waals surface area contributed by atoms with Crippen molar-refractivity contribution in [2.24, 2.45) is 5.73 Å². The van der Waals surface area contributed by atoms with Crippen molar-refractivity contribution in [1.82, 2.24) is 9.78 Å². The summed E-state index contributed by atoms with van der Waals surface area (Å²) in [5.41, 5.74) is 6.83. The van der Waals surface area contributed by atoms with Crippen molar-refractivity contribution in [3.8, 4) is 5.75 Å². The molecule has 0 aliphatic carbocycles. The lowest BCUT2D eigenvalue weighted by Gasteiger charge is -2.10. The molecule has 0 radical (unpaired) electrons. The molecule has 0 saturated carbocycles. The Morgan fingerprint density at radius 2 is 2.24 bits per heavy atom. The average molecular weight is 353 g/mol. The fourth-order valence-electron chi connectivity index (χ4n) is 1.83. The van der Waals surface area contributed by atoms with Crippen LogP contribution in [0.15, 0.2) is 39.7 Å². The number of anilines is 1. The van der Waals surface area contributed by atoms with Gasteiger partial charge in [0.1, 0.15) is 5.75 Å². The number of rotatable bonds is 6. The van der Waals surface area contributed by atoms with Gasteiger partial charge in [-0.1, -0.05) is 15.9 Å². The number of nitrogens with two attached hydrogens (primary N) is 1. The van der Waals surface area contributed by atoms with Crippen LogP contribution >= 0.6 is 15.9 Å². The topological polar surface area (TPSA) is 82.2 Å². The quantitative estimate of drug-likeness (QED) is 0.821. The van der Waals surface area contributed by atoms with E-state index < -0.39 is 0 Å². The normalized spacial score (nSPS) is 10.4. The molecule has 0 amide bonds. The van der Waals surface area contributed by atoms with Gasteiger partial charge in [0.05, 0.1) is 25.5 Å². The highest BCUT2D eigenvalue weighted by molar-refractivity contribution is 9.10. The molecule has 2 aromatic rings. The van der Waals surface area contributed by atoms with Crippen molar-refractivity contribution in [3.05, 3.63) is 50.9 Å². The summed E-state index contributed by atoms with van der Waals surface area (Å²) in [6.07, 6.45) is 1.62. The zero-order chi connectivity index (χ0) is 15.2. The first kappa shape index (κ1) is 15.5. The smallest absolute Gasteiger partial charge is 0.269 e. The summed E-state index contributed by atoms with van der Waals surface area (Å²) in [7, 11) is 1.61. The number of halogens is 1. The molecule has 2 rings (SSSR count). The Bertz CT molecular complexity index is 672. The second kappa shape index (κ2) is 7.24. The van der Waals surface area contributed by atoms with Gasteiger partial charge in [0.15, 0.2) is 0 Å². The van der Waals surface area contributed by atoms with Gasteiger partial charge in [-0.05, 0) is 23.8 Å². The molecule has 3 N–H and O–H groups in total. The lowest BCUT2D eigenvalue weighted by atomic mass is 10.2. The van der Waals surface area contributed by atoms with E-state index in [0.29, 0.717) is 25.3 Å². The lowest BCUT2D eigenvalue weighted by molar-refractivity contribution is 0.414. The fraction of sp³-hybridized carbons (Fsp3) is 0.286. The molecule has 7 heteroatoms. The van der Waals surface area contributed by atoms with Crippen molar-refractivity contribution in [2.75, 3.05) is 25.5 Å². The fourth-order valence-corrected chi connectivity index (χ4v) is 2.20. The third kappa shape index (κ3) is 4.05. The van der Waals surface area contributed by atoms with Crippen LogP contribution in [0.3, 0.4) is 0 Å². The summed E-state index contributed by atoms with van der Waals surface area (Å²) in [5, 5.41) is 7.19. The second-order valence-corrected chi connectivity index (χ2v) is 5.27. The van der Waals surface area contributed by atoms with Gasteiger partial charge < -0.3 is 15.8 Å². The van der Waals surface area contributed by atoms with E-state index in [1.54, 1.807) is 13.3 Å². The zero-order valence-corrected chi connectivity index (χ0v) is 13.3. The van der Waals surface area contributed by atoms with Gasteiger partial charge in [-0.15, -0.1) is 0 Å². The molecule has 1 aromatic heterocycles. The van der Waals surface area contributed by atoms with E-state index in [2.05, 4.69) is 26.3 Å². The number of ether oxygens (including phenoxy) is 1. The number of hydrogen-bond donors (Lipinski definition) is 2. The Morgan fingerprint density at radius 1 is 1.43 bits per heavy atom. The first-order valence-electron chi connectivity index (χ1n) is 6.47. The molecule has 112 valence electrons. The Balaban J connectivity index is 2.22. The van der Waals surface area contributed by atoms with Gasteiger partial charge in [-0.25, -0.2) is 4.68 Å². The van der Waals surface area contributed by atoms with Crippen LogP contribution in [0.2, 0.25) is 0 Å². The van der Waals surface area contributed by atoms with Gasteiger partial charge in [0.2, 0.25) is 0 Å². The minimum atomic E-state index is -0.174. The molecule has 0 unspecified atom stereocenters. The van der Waals surface area contributed by atoms with Crippen LogP contribution in [0.4, 0.5) is 5.69 Å². The molecule has 21 heavy (non-hydrogen) atoms. The van der Waals surface area contributed by atoms with Crippen molar-refractivity contribution in [3.63, 3.8) is 0 Å². The third-order valence-corrected chi connectivity index (χ3v) is 3.69. The van der Waals surface area contributed by atoms with Crippen molar-refractivity contribution in [1.29, 1.82) is 0 Å². The number of aromatic nitrogens is 2. The molecule has 6 nitrogen and oxygen atoms in total. The minimum Gasteiger partial charge on any atom is -0.497 e. The van der Waals surface area contributed by atoms with Crippen molar-refractivity contribution in [2.45, 2.75) is 6.54 Å². The molecule has 0 aliphatic rings. The highest BCUT2D eigenvalue weighted by Gasteiger charge is 2.06. The Labute approximate surface area is 131 Å². The number of hydrogen-bond acceptors (Lipinski definition) is 5. The maximum Gasteiger partial charge on any atom is 0.269 e. The first-order chi connectivity index (χ1) is 10.1. The maximum absolute atomic E-state index is 12.1. The monoisotopic (exact) mass is 352 g/mol. The maximum atomic E-state index is 12.1. The summed E-state index contributed by atoms with van der Waals surface area (Å²) in [6.45, 7) is 1.47. The van der Waals surface area contributed by atoms with E-state index >= 15 is 0 Å². The summed E-state index contributed by atoms with van der Waals surface area (Å²) in [6, 6.07) is 7.12. The molecular formula is C14H17BrN4O2. The SMILES string of the molecule is COc1ccc(Br)c(Cn2ncc(NCCN)cc2=O)c1. The molecule has 0 saturated heterocycles. The standard InChI is InChI=1S/C14H17BrN4O2/c1-21-12-2-3-13(15)10(6-12)9-19-14(20)7-11(8-18-19)17-5-4-16/h2-3,6-8,17H,4-5,9,16H2,1H3. The summed E-state index contributed by atoms with van der Waals surface area (Å²) < 4.78 is 7.49. The number of nitrogens with zero attached hydrogens (tertiary/aromatic N) is 2. The van der Waals surface area contributed by atoms with Crippen LogP contribution in [-0.2, 0) is 6.54 Å². The molecular weight excluding hydrogens is 336 g/mol. The Kier molecular flexibility index (Phi) is 5.35. The molecule has 0 fully saturated rings. The summed E-state index contributed by atoms with van der Waals surface area (Å²) >= 11 is 3.47. The third-order valence-electron chi connectivity index (χ3n) is 2.92. The predicted octanol–water partition coefficient (Wildman–Crippen LogP) is 1.43. The van der Waals surface area contributed by atoms with E-state index in [0.717, 1.165) is 15.8 Å². The number of nitrogens with one attached hydrogen (secondary N) is 1. The van der Waals surface area contributed by atoms with Gasteiger partial charge in [0, 0.05) is 23.6 Å². The van der Waals surface area contributed by atoms with E-state index in [-0.39, 0.29) is 5.56 Å². The Morgan fingerprint density at radius 3 is 2.90 bits per heavy atom. The zero-order valence-electron chi connectivity index (χ0n) is 11.7. The first-order valence-corrected chi connectivity index (χ1v) is 7.27. The lowest BCUT2D eigenvalue weighted by Crippen LogP contribution is -2.24. The van der Waals surface area contributed by atoms with Crippen LogP contribution in [0.25, 0.3) is 0 Å². The largest absolute Gasteiger partial charge is 0.497 e. The van der Waals surface area contributed by atoms with E-state index in [1.807, 2.05) is 18.2 Å². The van der Waals surface area contributed by atoms with Crippen LogP contribution < -0.4 is 21.3 Å². The number of benzene rings is 1. The van der Waals surface area contributed by atoms with Gasteiger partial charge in [-0.3, -0.25) is 4.79 Å². The molecule has 1 aromatic carbocycles.